The zero-order chi connectivity index (χ0) is 25.2. The number of hydrogen-bond acceptors (Lipinski definition) is 8. The average molecular weight is 485 g/mol. The number of aromatic nitrogens is 4. The molecule has 3 aromatic heterocycles. The van der Waals surface area contributed by atoms with Crippen molar-refractivity contribution in [2.24, 2.45) is 5.73 Å². The zero-order valence-electron chi connectivity index (χ0n) is 19.3. The minimum Gasteiger partial charge on any atom is -0.382 e. The first-order valence-corrected chi connectivity index (χ1v) is 11.1. The van der Waals surface area contributed by atoms with Gasteiger partial charge < -0.3 is 21.7 Å². The van der Waals surface area contributed by atoms with Gasteiger partial charge in [-0.2, -0.15) is 13.2 Å². The van der Waals surface area contributed by atoms with Gasteiger partial charge in [0.2, 0.25) is 0 Å². The third kappa shape index (κ3) is 5.86. The van der Waals surface area contributed by atoms with E-state index in [4.69, 9.17) is 11.5 Å². The molecule has 35 heavy (non-hydrogen) atoms. The van der Waals surface area contributed by atoms with Gasteiger partial charge in [0.15, 0.2) is 11.6 Å². The predicted octanol–water partition coefficient (Wildman–Crippen LogP) is 4.02. The van der Waals surface area contributed by atoms with Crippen molar-refractivity contribution in [1.29, 1.82) is 0 Å². The van der Waals surface area contributed by atoms with Crippen molar-refractivity contribution in [3.8, 4) is 11.4 Å². The minimum absolute atomic E-state index is 0.00685. The summed E-state index contributed by atoms with van der Waals surface area (Å²) in [4.78, 5) is 19.3. The van der Waals surface area contributed by atoms with Crippen LogP contribution in [0.25, 0.3) is 17.1 Å². The highest BCUT2D eigenvalue weighted by atomic mass is 19.4. The second-order valence-corrected chi connectivity index (χ2v) is 8.91. The molecule has 0 bridgehead atoms. The van der Waals surface area contributed by atoms with Crippen molar-refractivity contribution in [3.63, 3.8) is 0 Å². The van der Waals surface area contributed by atoms with Crippen LogP contribution in [0.3, 0.4) is 0 Å². The van der Waals surface area contributed by atoms with Crippen LogP contribution in [0.4, 0.5) is 30.5 Å². The summed E-state index contributed by atoms with van der Waals surface area (Å²) in [6.07, 6.45) is 0.520. The number of pyridine rings is 2. The second-order valence-electron chi connectivity index (χ2n) is 8.91. The lowest BCUT2D eigenvalue weighted by atomic mass is 9.91. The van der Waals surface area contributed by atoms with E-state index in [0.29, 0.717) is 11.5 Å². The molecule has 0 atom stereocenters. The smallest absolute Gasteiger partial charge is 0.382 e. The molecule has 8 nitrogen and oxygen atoms in total. The molecule has 0 aromatic carbocycles. The third-order valence-corrected chi connectivity index (χ3v) is 5.91. The van der Waals surface area contributed by atoms with Gasteiger partial charge in [-0.05, 0) is 43.5 Å². The summed E-state index contributed by atoms with van der Waals surface area (Å²) in [5.74, 6) is 0.634. The third-order valence-electron chi connectivity index (χ3n) is 5.91. The molecule has 1 fully saturated rings. The Morgan fingerprint density at radius 3 is 2.54 bits per heavy atom. The van der Waals surface area contributed by atoms with Gasteiger partial charge in [0.25, 0.3) is 0 Å². The van der Waals surface area contributed by atoms with E-state index in [2.05, 4.69) is 36.7 Å². The first-order valence-electron chi connectivity index (χ1n) is 11.1. The Bertz CT molecular complexity index is 1220. The number of nitrogens with one attached hydrogen (secondary N) is 1. The van der Waals surface area contributed by atoms with Crippen LogP contribution in [0.1, 0.15) is 31.0 Å². The van der Waals surface area contributed by atoms with Gasteiger partial charge in [0.05, 0.1) is 29.7 Å². The minimum atomic E-state index is -4.39. The Hall–Kier alpha value is -3.73. The molecule has 0 spiro atoms. The van der Waals surface area contributed by atoms with Gasteiger partial charge in [-0.15, -0.1) is 0 Å². The van der Waals surface area contributed by atoms with Crippen LogP contribution < -0.4 is 21.7 Å². The standard InChI is InChI=1S/C24H27F3N8/c1-15(33-22-18(6-4-10-31-22)35-11-7-23(2,29)8-12-35)19-21(28)32-14-17(34-19)20-16(5-3-9-30-20)13-24(25,26)27/h3-6,9-10,14H,1,7-8,11-13,29H2,2H3,(H2,28,32)(H,31,33). The molecule has 0 unspecified atom stereocenters. The molecule has 11 heteroatoms. The largest absolute Gasteiger partial charge is 0.393 e. The highest BCUT2D eigenvalue weighted by Gasteiger charge is 2.30. The quantitative estimate of drug-likeness (QED) is 0.480. The molecule has 0 amide bonds. The van der Waals surface area contributed by atoms with Crippen molar-refractivity contribution in [2.75, 3.05) is 29.0 Å². The molecule has 0 saturated carbocycles. The van der Waals surface area contributed by atoms with Crippen LogP contribution in [0, 0.1) is 0 Å². The van der Waals surface area contributed by atoms with Crippen LogP contribution in [-0.2, 0) is 6.42 Å². The van der Waals surface area contributed by atoms with Crippen LogP contribution in [0.5, 0.6) is 0 Å². The average Bonchev–Trinajstić information content (AvgIpc) is 2.79. The lowest BCUT2D eigenvalue weighted by Crippen LogP contribution is -2.48. The van der Waals surface area contributed by atoms with Gasteiger partial charge in [-0.25, -0.2) is 15.0 Å². The predicted molar refractivity (Wildman–Crippen MR) is 130 cm³/mol. The fraction of sp³-hybridized carbons (Fsp3) is 0.333. The summed E-state index contributed by atoms with van der Waals surface area (Å²) in [5.41, 5.74) is 13.8. The second kappa shape index (κ2) is 9.49. The molecular weight excluding hydrogens is 457 g/mol. The zero-order valence-corrected chi connectivity index (χ0v) is 19.3. The lowest BCUT2D eigenvalue weighted by Gasteiger charge is -2.38. The SMILES string of the molecule is C=C(Nc1ncccc1N1CCC(C)(N)CC1)c1nc(-c2ncccc2CC(F)(F)F)cnc1N. The first kappa shape index (κ1) is 24.4. The van der Waals surface area contributed by atoms with Crippen molar-refractivity contribution in [1.82, 2.24) is 19.9 Å². The molecular formula is C24H27F3N8. The van der Waals surface area contributed by atoms with E-state index in [9.17, 15) is 13.2 Å². The first-order chi connectivity index (χ1) is 16.5. The van der Waals surface area contributed by atoms with Gasteiger partial charge >= 0.3 is 6.18 Å². The Balaban J connectivity index is 1.61. The number of alkyl halides is 3. The Morgan fingerprint density at radius 2 is 1.83 bits per heavy atom. The van der Waals surface area contributed by atoms with E-state index in [1.807, 2.05) is 19.1 Å². The molecule has 1 aliphatic heterocycles. The normalized spacial score (nSPS) is 15.6. The highest BCUT2D eigenvalue weighted by molar-refractivity contribution is 5.82. The van der Waals surface area contributed by atoms with E-state index >= 15 is 0 Å². The van der Waals surface area contributed by atoms with Crippen LogP contribution >= 0.6 is 0 Å². The van der Waals surface area contributed by atoms with E-state index in [-0.39, 0.29) is 34.0 Å². The topological polar surface area (TPSA) is 119 Å². The van der Waals surface area contributed by atoms with Crippen molar-refractivity contribution in [2.45, 2.75) is 37.9 Å². The number of anilines is 3. The van der Waals surface area contributed by atoms with Crippen molar-refractivity contribution >= 4 is 23.0 Å². The van der Waals surface area contributed by atoms with Gasteiger partial charge in [0, 0.05) is 31.0 Å². The molecule has 1 aliphatic rings. The number of halogens is 3. The summed E-state index contributed by atoms with van der Waals surface area (Å²) in [5, 5.41) is 3.16. The van der Waals surface area contributed by atoms with E-state index < -0.39 is 12.6 Å². The van der Waals surface area contributed by atoms with Gasteiger partial charge in [-0.3, -0.25) is 4.98 Å². The van der Waals surface area contributed by atoms with E-state index in [1.165, 1.54) is 24.5 Å². The van der Waals surface area contributed by atoms with Gasteiger partial charge in [0.1, 0.15) is 11.4 Å². The Morgan fingerprint density at radius 1 is 1.14 bits per heavy atom. The number of rotatable bonds is 6. The Kier molecular flexibility index (Phi) is 6.62. The maximum absolute atomic E-state index is 13.1. The summed E-state index contributed by atoms with van der Waals surface area (Å²) < 4.78 is 39.2. The number of nitrogens with two attached hydrogens (primary N) is 2. The summed E-state index contributed by atoms with van der Waals surface area (Å²) in [7, 11) is 0. The van der Waals surface area contributed by atoms with E-state index in [0.717, 1.165) is 31.6 Å². The Labute approximate surface area is 201 Å². The number of nitrogen functional groups attached to an aromatic ring is 1. The van der Waals surface area contributed by atoms with Crippen LogP contribution in [0.15, 0.2) is 49.4 Å². The number of piperidine rings is 1. The lowest BCUT2D eigenvalue weighted by molar-refractivity contribution is -0.127. The molecule has 3 aromatic rings. The summed E-state index contributed by atoms with van der Waals surface area (Å²) >= 11 is 0. The molecule has 0 aliphatic carbocycles. The monoisotopic (exact) mass is 484 g/mol. The highest BCUT2D eigenvalue weighted by Crippen LogP contribution is 2.32. The van der Waals surface area contributed by atoms with Crippen LogP contribution in [0.2, 0.25) is 0 Å². The fourth-order valence-corrected chi connectivity index (χ4v) is 3.97. The fourth-order valence-electron chi connectivity index (χ4n) is 3.97. The molecule has 1 saturated heterocycles. The van der Waals surface area contributed by atoms with Gasteiger partial charge in [-0.1, -0.05) is 12.6 Å². The number of hydrogen-bond donors (Lipinski definition) is 3. The molecule has 0 radical (unpaired) electrons. The number of nitrogens with zero attached hydrogens (tertiary/aromatic N) is 5. The van der Waals surface area contributed by atoms with E-state index in [1.54, 1.807) is 6.20 Å². The van der Waals surface area contributed by atoms with Crippen molar-refractivity contribution in [3.05, 3.63) is 60.7 Å². The maximum Gasteiger partial charge on any atom is 0.393 e. The summed E-state index contributed by atoms with van der Waals surface area (Å²) in [6, 6.07) is 6.61. The maximum atomic E-state index is 13.1. The summed E-state index contributed by atoms with van der Waals surface area (Å²) in [6.45, 7) is 7.63. The molecule has 4 heterocycles. The van der Waals surface area contributed by atoms with Crippen LogP contribution in [-0.4, -0.2) is 44.7 Å². The molecule has 5 N–H and O–H groups in total. The molecule has 4 rings (SSSR count). The van der Waals surface area contributed by atoms with Crippen molar-refractivity contribution < 1.29 is 13.2 Å². The molecule has 184 valence electrons.